The van der Waals surface area contributed by atoms with Gasteiger partial charge in [0, 0.05) is 41.8 Å². The molecule has 0 bridgehead atoms. The molecule has 7 heteroatoms. The van der Waals surface area contributed by atoms with Crippen molar-refractivity contribution in [2.45, 2.75) is 43.6 Å². The first-order valence-electron chi connectivity index (χ1n) is 10.8. The number of hydrogen-bond donors (Lipinski definition) is 2. The summed E-state index contributed by atoms with van der Waals surface area (Å²) in [4.78, 5) is 28.1. The van der Waals surface area contributed by atoms with Gasteiger partial charge in [0.25, 0.3) is 0 Å². The Hall–Kier alpha value is -2.57. The lowest BCUT2D eigenvalue weighted by Crippen LogP contribution is -2.55. The number of aromatic carboxylic acids is 1. The molecular formula is C24H28ClN3O3. The van der Waals surface area contributed by atoms with E-state index in [9.17, 15) is 9.59 Å². The molecule has 2 aromatic carbocycles. The number of nitrogens with zero attached hydrogens (tertiary/aromatic N) is 2. The molecule has 164 valence electrons. The lowest BCUT2D eigenvalue weighted by molar-refractivity contribution is 0.0697. The van der Waals surface area contributed by atoms with Gasteiger partial charge >= 0.3 is 12.0 Å². The van der Waals surface area contributed by atoms with Crippen molar-refractivity contribution in [2.75, 3.05) is 24.5 Å². The van der Waals surface area contributed by atoms with Crippen molar-refractivity contribution in [1.82, 2.24) is 4.90 Å². The summed E-state index contributed by atoms with van der Waals surface area (Å²) >= 11 is 6.22. The van der Waals surface area contributed by atoms with Gasteiger partial charge in [-0.3, -0.25) is 4.90 Å². The fraction of sp³-hybridized carbons (Fsp3) is 0.417. The third kappa shape index (κ3) is 4.27. The molecule has 1 saturated heterocycles. The van der Waals surface area contributed by atoms with Gasteiger partial charge in [-0.05, 0) is 74.1 Å². The molecule has 0 aromatic heterocycles. The average Bonchev–Trinajstić information content (AvgIpc) is 2.79. The molecular weight excluding hydrogens is 414 g/mol. The summed E-state index contributed by atoms with van der Waals surface area (Å²) in [5, 5.41) is 9.83. The largest absolute Gasteiger partial charge is 0.478 e. The number of nitrogens with two attached hydrogens (primary N) is 1. The molecule has 2 aliphatic rings. The summed E-state index contributed by atoms with van der Waals surface area (Å²) in [5.74, 6) is -0.969. The van der Waals surface area contributed by atoms with Crippen LogP contribution in [0.4, 0.5) is 10.5 Å². The first-order chi connectivity index (χ1) is 14.9. The topological polar surface area (TPSA) is 86.9 Å². The second kappa shape index (κ2) is 8.89. The van der Waals surface area contributed by atoms with Crippen molar-refractivity contribution in [1.29, 1.82) is 0 Å². The van der Waals surface area contributed by atoms with Crippen molar-refractivity contribution >= 4 is 29.3 Å². The molecule has 4 rings (SSSR count). The fourth-order valence-electron chi connectivity index (χ4n) is 5.00. The number of carbonyl (C=O) groups is 2. The Labute approximate surface area is 187 Å². The normalized spacial score (nSPS) is 24.3. The molecule has 1 aliphatic heterocycles. The molecule has 2 amide bonds. The number of carboxylic acids is 1. The molecule has 0 spiro atoms. The van der Waals surface area contributed by atoms with Crippen LogP contribution in [0.5, 0.6) is 0 Å². The number of amides is 2. The van der Waals surface area contributed by atoms with E-state index in [0.29, 0.717) is 13.1 Å². The number of carbonyl (C=O) groups excluding carboxylic acids is 1. The van der Waals surface area contributed by atoms with E-state index in [0.717, 1.165) is 49.4 Å². The highest BCUT2D eigenvalue weighted by molar-refractivity contribution is 6.30. The van der Waals surface area contributed by atoms with Crippen molar-refractivity contribution in [3.8, 4) is 0 Å². The first kappa shape index (κ1) is 21.7. The Kier molecular flexibility index (Phi) is 6.21. The molecule has 2 fully saturated rings. The van der Waals surface area contributed by atoms with Crippen molar-refractivity contribution in [3.63, 3.8) is 0 Å². The minimum Gasteiger partial charge on any atom is -0.478 e. The molecule has 3 N–H and O–H groups in total. The molecule has 2 aromatic rings. The van der Waals surface area contributed by atoms with Crippen LogP contribution in [0, 0.1) is 0 Å². The predicted molar refractivity (Wildman–Crippen MR) is 122 cm³/mol. The maximum atomic E-state index is 13.3. The first-order valence-corrected chi connectivity index (χ1v) is 11.2. The van der Waals surface area contributed by atoms with Gasteiger partial charge in [-0.2, -0.15) is 0 Å². The third-order valence-electron chi connectivity index (χ3n) is 6.86. The zero-order valence-electron chi connectivity index (χ0n) is 17.5. The van der Waals surface area contributed by atoms with E-state index in [2.05, 4.69) is 6.07 Å². The quantitative estimate of drug-likeness (QED) is 0.714. The van der Waals surface area contributed by atoms with E-state index in [1.54, 1.807) is 29.2 Å². The number of anilines is 1. The smallest absolute Gasteiger partial charge is 0.335 e. The lowest BCUT2D eigenvalue weighted by atomic mass is 9.68. The standard InChI is InChI=1S/C24H28ClN3O3/c25-19-4-1-3-18(15-19)24(16-26)11-9-21(10-12-24)28-14-2-13-27(23(28)31)20-7-5-17(6-8-20)22(29)30/h1,3-8,15,21H,2,9-14,16,26H2,(H,29,30). The summed E-state index contributed by atoms with van der Waals surface area (Å²) in [6, 6.07) is 14.7. The summed E-state index contributed by atoms with van der Waals surface area (Å²) in [6.45, 7) is 1.96. The molecule has 31 heavy (non-hydrogen) atoms. The van der Waals surface area contributed by atoms with E-state index in [4.69, 9.17) is 22.4 Å². The van der Waals surface area contributed by atoms with E-state index in [-0.39, 0.29) is 23.1 Å². The minimum absolute atomic E-state index is 0.00216. The molecule has 0 unspecified atom stereocenters. The van der Waals surface area contributed by atoms with Crippen LogP contribution < -0.4 is 10.6 Å². The Bertz CT molecular complexity index is 955. The molecule has 0 radical (unpaired) electrons. The van der Waals surface area contributed by atoms with Gasteiger partial charge in [0.15, 0.2) is 0 Å². The summed E-state index contributed by atoms with van der Waals surface area (Å²) in [7, 11) is 0. The number of benzene rings is 2. The van der Waals surface area contributed by atoms with Gasteiger partial charge < -0.3 is 15.7 Å². The minimum atomic E-state index is -0.969. The maximum Gasteiger partial charge on any atom is 0.335 e. The van der Waals surface area contributed by atoms with Gasteiger partial charge in [0.2, 0.25) is 0 Å². The van der Waals surface area contributed by atoms with Crippen molar-refractivity contribution < 1.29 is 14.7 Å². The zero-order valence-corrected chi connectivity index (χ0v) is 18.2. The fourth-order valence-corrected chi connectivity index (χ4v) is 5.19. The van der Waals surface area contributed by atoms with Crippen LogP contribution in [0.3, 0.4) is 0 Å². The van der Waals surface area contributed by atoms with Gasteiger partial charge in [-0.1, -0.05) is 23.7 Å². The Morgan fingerprint density at radius 2 is 1.84 bits per heavy atom. The second-order valence-corrected chi connectivity index (χ2v) is 9.00. The van der Waals surface area contributed by atoms with E-state index in [1.165, 1.54) is 5.56 Å². The van der Waals surface area contributed by atoms with Crippen LogP contribution in [-0.4, -0.2) is 47.7 Å². The highest BCUT2D eigenvalue weighted by atomic mass is 35.5. The molecule has 6 nitrogen and oxygen atoms in total. The van der Waals surface area contributed by atoms with Gasteiger partial charge in [0.1, 0.15) is 0 Å². The summed E-state index contributed by atoms with van der Waals surface area (Å²) in [5.41, 5.74) is 8.29. The molecule has 1 aliphatic carbocycles. The number of urea groups is 1. The summed E-state index contributed by atoms with van der Waals surface area (Å²) < 4.78 is 0. The van der Waals surface area contributed by atoms with Gasteiger partial charge in [0.05, 0.1) is 5.56 Å². The van der Waals surface area contributed by atoms with Crippen LogP contribution in [0.1, 0.15) is 48.0 Å². The van der Waals surface area contributed by atoms with E-state index < -0.39 is 5.97 Å². The highest BCUT2D eigenvalue weighted by Gasteiger charge is 2.40. The molecule has 0 atom stereocenters. The Morgan fingerprint density at radius 1 is 1.13 bits per heavy atom. The average molecular weight is 442 g/mol. The highest BCUT2D eigenvalue weighted by Crippen LogP contribution is 2.41. The van der Waals surface area contributed by atoms with Gasteiger partial charge in [-0.25, -0.2) is 9.59 Å². The van der Waals surface area contributed by atoms with E-state index in [1.807, 2.05) is 23.1 Å². The molecule has 1 heterocycles. The van der Waals surface area contributed by atoms with Crippen molar-refractivity contribution in [2.24, 2.45) is 5.73 Å². The number of rotatable bonds is 5. The Balaban J connectivity index is 1.46. The van der Waals surface area contributed by atoms with Crippen molar-refractivity contribution in [3.05, 3.63) is 64.7 Å². The van der Waals surface area contributed by atoms with Crippen LogP contribution in [0.2, 0.25) is 5.02 Å². The van der Waals surface area contributed by atoms with Crippen LogP contribution in [-0.2, 0) is 5.41 Å². The van der Waals surface area contributed by atoms with E-state index >= 15 is 0 Å². The Morgan fingerprint density at radius 3 is 2.45 bits per heavy atom. The maximum absolute atomic E-state index is 13.3. The predicted octanol–water partition coefficient (Wildman–Crippen LogP) is 4.51. The van der Waals surface area contributed by atoms with Crippen LogP contribution in [0.15, 0.2) is 48.5 Å². The number of halogens is 1. The second-order valence-electron chi connectivity index (χ2n) is 8.56. The van der Waals surface area contributed by atoms with Gasteiger partial charge in [-0.15, -0.1) is 0 Å². The van der Waals surface area contributed by atoms with Crippen LogP contribution in [0.25, 0.3) is 0 Å². The monoisotopic (exact) mass is 441 g/mol. The summed E-state index contributed by atoms with van der Waals surface area (Å²) in [6.07, 6.45) is 4.54. The zero-order chi connectivity index (χ0) is 22.0. The number of hydrogen-bond acceptors (Lipinski definition) is 3. The number of carboxylic acid groups (broad SMARTS) is 1. The van der Waals surface area contributed by atoms with Crippen LogP contribution >= 0.6 is 11.6 Å². The lowest BCUT2D eigenvalue weighted by Gasteiger charge is -2.46. The SMILES string of the molecule is NCC1(c2cccc(Cl)c2)CCC(N2CCCN(c3ccc(C(=O)O)cc3)C2=O)CC1. The third-order valence-corrected chi connectivity index (χ3v) is 7.10. The molecule has 1 saturated carbocycles.